The zero-order valence-electron chi connectivity index (χ0n) is 12.9. The van der Waals surface area contributed by atoms with Crippen LogP contribution in [-0.4, -0.2) is 62.4 Å². The number of carbonyl (C=O) groups is 1. The Kier molecular flexibility index (Phi) is 5.39. The van der Waals surface area contributed by atoms with Crippen molar-refractivity contribution in [2.45, 2.75) is 45.2 Å². The average Bonchev–Trinajstić information content (AvgIpc) is 2.26. The molecular weight excluding hydrogens is 280 g/mol. The number of urea groups is 1. The fourth-order valence-corrected chi connectivity index (χ4v) is 2.78. The lowest BCUT2D eigenvalue weighted by molar-refractivity contribution is 0.171. The molecule has 7 nitrogen and oxygen atoms in total. The van der Waals surface area contributed by atoms with E-state index >= 15 is 0 Å². The van der Waals surface area contributed by atoms with E-state index in [0.717, 1.165) is 4.31 Å². The van der Waals surface area contributed by atoms with Crippen LogP contribution in [0.15, 0.2) is 0 Å². The molecule has 0 aliphatic carbocycles. The lowest BCUT2D eigenvalue weighted by Gasteiger charge is -2.34. The fourth-order valence-electron chi connectivity index (χ4n) is 1.92. The molecule has 1 fully saturated rings. The molecule has 0 unspecified atom stereocenters. The molecule has 20 heavy (non-hydrogen) atoms. The van der Waals surface area contributed by atoms with Gasteiger partial charge in [0.05, 0.1) is 0 Å². The van der Waals surface area contributed by atoms with Crippen molar-refractivity contribution < 1.29 is 13.2 Å². The van der Waals surface area contributed by atoms with Crippen LogP contribution >= 0.6 is 0 Å². The van der Waals surface area contributed by atoms with Crippen LogP contribution in [0, 0.1) is 0 Å². The van der Waals surface area contributed by atoms with E-state index in [4.69, 9.17) is 0 Å². The van der Waals surface area contributed by atoms with Crippen molar-refractivity contribution in [1.29, 1.82) is 0 Å². The van der Waals surface area contributed by atoms with Gasteiger partial charge in [0.25, 0.3) is 10.2 Å². The monoisotopic (exact) mass is 306 g/mol. The number of amides is 2. The highest BCUT2D eigenvalue weighted by Gasteiger charge is 2.27. The van der Waals surface area contributed by atoms with Crippen molar-refractivity contribution in [3.05, 3.63) is 0 Å². The van der Waals surface area contributed by atoms with Crippen LogP contribution in [0.5, 0.6) is 0 Å². The van der Waals surface area contributed by atoms with Gasteiger partial charge in [0.1, 0.15) is 0 Å². The Labute approximate surface area is 121 Å². The summed E-state index contributed by atoms with van der Waals surface area (Å²) in [6, 6.07) is -0.201. The Hall–Kier alpha value is -0.860. The second-order valence-electron chi connectivity index (χ2n) is 6.35. The summed E-state index contributed by atoms with van der Waals surface area (Å²) >= 11 is 0. The fraction of sp³-hybridized carbons (Fsp3) is 0.917. The number of carbonyl (C=O) groups excluding carboxylic acids is 1. The molecular formula is C12H26N4O3S. The largest absolute Gasteiger partial charge is 0.333 e. The van der Waals surface area contributed by atoms with Gasteiger partial charge in [0.15, 0.2) is 0 Å². The third-order valence-electron chi connectivity index (χ3n) is 3.06. The highest BCUT2D eigenvalue weighted by Crippen LogP contribution is 2.13. The Morgan fingerprint density at radius 3 is 2.10 bits per heavy atom. The predicted octanol–water partition coefficient (Wildman–Crippen LogP) is 0.355. The number of nitrogens with one attached hydrogen (secondary N) is 2. The van der Waals surface area contributed by atoms with Crippen molar-refractivity contribution in [1.82, 2.24) is 19.2 Å². The molecule has 1 aliphatic rings. The van der Waals surface area contributed by atoms with Crippen LogP contribution < -0.4 is 10.0 Å². The first-order valence-electron chi connectivity index (χ1n) is 6.78. The first-order chi connectivity index (χ1) is 9.01. The third kappa shape index (κ3) is 5.26. The predicted molar refractivity (Wildman–Crippen MR) is 78.6 cm³/mol. The molecule has 0 aromatic heterocycles. The summed E-state index contributed by atoms with van der Waals surface area (Å²) in [5.41, 5.74) is -0.263. The van der Waals surface area contributed by atoms with Crippen LogP contribution in [0.3, 0.4) is 0 Å². The minimum absolute atomic E-state index is 0.0913. The molecule has 1 aliphatic heterocycles. The van der Waals surface area contributed by atoms with Gasteiger partial charge in [-0.25, -0.2) is 4.79 Å². The SMILES string of the molecule is CN(C)S(=O)(=O)NC1CCN(C(=O)NC(C)(C)C)CC1. The van der Waals surface area contributed by atoms with Crippen LogP contribution in [0.2, 0.25) is 0 Å². The van der Waals surface area contributed by atoms with E-state index in [0.29, 0.717) is 25.9 Å². The smallest absolute Gasteiger partial charge is 0.317 e. The molecule has 2 amide bonds. The van der Waals surface area contributed by atoms with E-state index in [1.165, 1.54) is 14.1 Å². The van der Waals surface area contributed by atoms with E-state index in [-0.39, 0.29) is 17.6 Å². The molecule has 1 rings (SSSR count). The molecule has 0 bridgehead atoms. The number of piperidine rings is 1. The second kappa shape index (κ2) is 6.28. The number of nitrogens with zero attached hydrogens (tertiary/aromatic N) is 2. The minimum Gasteiger partial charge on any atom is -0.333 e. The summed E-state index contributed by atoms with van der Waals surface area (Å²) in [5, 5.41) is 2.91. The Bertz CT molecular complexity index is 434. The van der Waals surface area contributed by atoms with Gasteiger partial charge in [-0.3, -0.25) is 0 Å². The van der Waals surface area contributed by atoms with E-state index in [9.17, 15) is 13.2 Å². The van der Waals surface area contributed by atoms with E-state index < -0.39 is 10.2 Å². The van der Waals surface area contributed by atoms with Crippen LogP contribution in [-0.2, 0) is 10.2 Å². The summed E-state index contributed by atoms with van der Waals surface area (Å²) in [7, 11) is -0.412. The molecule has 0 radical (unpaired) electrons. The van der Waals surface area contributed by atoms with Gasteiger partial charge in [-0.1, -0.05) is 0 Å². The Balaban J connectivity index is 2.46. The van der Waals surface area contributed by atoms with Gasteiger partial charge in [-0.15, -0.1) is 0 Å². The Morgan fingerprint density at radius 2 is 1.70 bits per heavy atom. The number of hydrogen-bond donors (Lipinski definition) is 2. The zero-order valence-corrected chi connectivity index (χ0v) is 13.7. The lowest BCUT2D eigenvalue weighted by atomic mass is 10.1. The highest BCUT2D eigenvalue weighted by molar-refractivity contribution is 7.87. The normalized spacial score (nSPS) is 18.4. The van der Waals surface area contributed by atoms with Crippen LogP contribution in [0.25, 0.3) is 0 Å². The molecule has 0 saturated carbocycles. The number of hydrogen-bond acceptors (Lipinski definition) is 3. The summed E-state index contributed by atoms with van der Waals surface area (Å²) < 4.78 is 27.2. The number of likely N-dealkylation sites (tertiary alicyclic amines) is 1. The topological polar surface area (TPSA) is 81.8 Å². The van der Waals surface area contributed by atoms with E-state index in [2.05, 4.69) is 10.0 Å². The zero-order chi connectivity index (χ0) is 15.6. The molecule has 1 saturated heterocycles. The van der Waals surface area contributed by atoms with Gasteiger partial charge in [0.2, 0.25) is 0 Å². The maximum Gasteiger partial charge on any atom is 0.317 e. The van der Waals surface area contributed by atoms with Gasteiger partial charge >= 0.3 is 6.03 Å². The Morgan fingerprint density at radius 1 is 1.20 bits per heavy atom. The first kappa shape index (κ1) is 17.2. The van der Waals surface area contributed by atoms with E-state index in [1.807, 2.05) is 20.8 Å². The molecule has 0 aromatic rings. The summed E-state index contributed by atoms with van der Waals surface area (Å²) in [4.78, 5) is 13.7. The van der Waals surface area contributed by atoms with Crippen molar-refractivity contribution in [2.24, 2.45) is 0 Å². The van der Waals surface area contributed by atoms with Gasteiger partial charge < -0.3 is 10.2 Å². The lowest BCUT2D eigenvalue weighted by Crippen LogP contribution is -2.53. The molecule has 0 aromatic carbocycles. The molecule has 0 atom stereocenters. The maximum atomic E-state index is 12.0. The highest BCUT2D eigenvalue weighted by atomic mass is 32.2. The third-order valence-corrected chi connectivity index (χ3v) is 4.65. The van der Waals surface area contributed by atoms with Gasteiger partial charge in [0, 0.05) is 38.8 Å². The molecule has 118 valence electrons. The first-order valence-corrected chi connectivity index (χ1v) is 8.22. The molecule has 8 heteroatoms. The average molecular weight is 306 g/mol. The molecule has 1 heterocycles. The summed E-state index contributed by atoms with van der Waals surface area (Å²) in [5.74, 6) is 0. The number of rotatable bonds is 3. The standard InChI is InChI=1S/C12H26N4O3S/c1-12(2,3)13-11(17)16-8-6-10(7-9-16)14-20(18,19)15(4)5/h10,14H,6-9H2,1-5H3,(H,13,17). The van der Waals surface area contributed by atoms with Crippen molar-refractivity contribution in [3.8, 4) is 0 Å². The van der Waals surface area contributed by atoms with Crippen molar-refractivity contribution in [2.75, 3.05) is 27.2 Å². The van der Waals surface area contributed by atoms with Crippen LogP contribution in [0.4, 0.5) is 4.79 Å². The van der Waals surface area contributed by atoms with Gasteiger partial charge in [-0.05, 0) is 33.6 Å². The minimum atomic E-state index is -3.40. The quantitative estimate of drug-likeness (QED) is 0.789. The maximum absolute atomic E-state index is 12.0. The van der Waals surface area contributed by atoms with Crippen LogP contribution in [0.1, 0.15) is 33.6 Å². The van der Waals surface area contributed by atoms with Crippen molar-refractivity contribution >= 4 is 16.2 Å². The molecule has 0 spiro atoms. The molecule has 2 N–H and O–H groups in total. The summed E-state index contributed by atoms with van der Waals surface area (Å²) in [6.45, 7) is 6.92. The van der Waals surface area contributed by atoms with Gasteiger partial charge in [-0.2, -0.15) is 17.4 Å². The summed E-state index contributed by atoms with van der Waals surface area (Å²) in [6.07, 6.45) is 1.26. The second-order valence-corrected chi connectivity index (χ2v) is 8.26. The van der Waals surface area contributed by atoms with Crippen molar-refractivity contribution in [3.63, 3.8) is 0 Å². The van der Waals surface area contributed by atoms with E-state index in [1.54, 1.807) is 4.90 Å².